The number of H-pyrrole nitrogens is 1. The predicted octanol–water partition coefficient (Wildman–Crippen LogP) is 3.22. The largest absolute Gasteiger partial charge is 0.441 e. The highest BCUT2D eigenvalue weighted by Crippen LogP contribution is 2.27. The highest BCUT2D eigenvalue weighted by molar-refractivity contribution is 7.98. The van der Waals surface area contributed by atoms with Gasteiger partial charge in [0.25, 0.3) is 5.56 Å². The van der Waals surface area contributed by atoms with Gasteiger partial charge in [-0.1, -0.05) is 30.0 Å². The van der Waals surface area contributed by atoms with Crippen molar-refractivity contribution in [2.24, 2.45) is 7.05 Å². The third-order valence-corrected chi connectivity index (χ3v) is 5.10. The van der Waals surface area contributed by atoms with Crippen molar-refractivity contribution in [2.75, 3.05) is 0 Å². The van der Waals surface area contributed by atoms with E-state index in [4.69, 9.17) is 4.42 Å². The molecule has 0 atom stereocenters. The second kappa shape index (κ2) is 6.45. The number of nitrogens with zero attached hydrogens (tertiary/aromatic N) is 4. The summed E-state index contributed by atoms with van der Waals surface area (Å²) in [6.45, 7) is 3.66. The van der Waals surface area contributed by atoms with Gasteiger partial charge in [-0.25, -0.2) is 15.0 Å². The zero-order chi connectivity index (χ0) is 18.3. The minimum Gasteiger partial charge on any atom is -0.441 e. The first kappa shape index (κ1) is 16.6. The summed E-state index contributed by atoms with van der Waals surface area (Å²) in [5.74, 6) is 2.55. The van der Waals surface area contributed by atoms with Crippen LogP contribution in [0.4, 0.5) is 0 Å². The molecular formula is C18H17N5O2S. The van der Waals surface area contributed by atoms with Crippen LogP contribution in [0.25, 0.3) is 22.6 Å². The number of aromatic nitrogens is 5. The number of rotatable bonds is 4. The smallest absolute Gasteiger partial charge is 0.279 e. The van der Waals surface area contributed by atoms with Crippen LogP contribution in [0.1, 0.15) is 17.3 Å². The van der Waals surface area contributed by atoms with Crippen LogP contribution in [0.5, 0.6) is 0 Å². The lowest BCUT2D eigenvalue weighted by Gasteiger charge is -2.00. The molecule has 1 N–H and O–H groups in total. The van der Waals surface area contributed by atoms with Crippen molar-refractivity contribution in [3.8, 4) is 11.5 Å². The second-order valence-electron chi connectivity index (χ2n) is 5.95. The Morgan fingerprint density at radius 1 is 1.15 bits per heavy atom. The van der Waals surface area contributed by atoms with Gasteiger partial charge in [0.15, 0.2) is 16.3 Å². The molecular weight excluding hydrogens is 350 g/mol. The van der Waals surface area contributed by atoms with E-state index in [1.807, 2.05) is 48.9 Å². The SMILES string of the molecule is Cc1nc2c(nc(SCc3nc(-c4ccccc4)oc3C)n2C)c(=O)[nH]1. The maximum Gasteiger partial charge on any atom is 0.279 e. The van der Waals surface area contributed by atoms with E-state index in [-0.39, 0.29) is 5.56 Å². The van der Waals surface area contributed by atoms with E-state index in [0.29, 0.717) is 33.8 Å². The Balaban J connectivity index is 1.61. The molecule has 1 aromatic carbocycles. The van der Waals surface area contributed by atoms with E-state index in [1.54, 1.807) is 6.92 Å². The van der Waals surface area contributed by atoms with E-state index >= 15 is 0 Å². The average molecular weight is 367 g/mol. The summed E-state index contributed by atoms with van der Waals surface area (Å²) in [6, 6.07) is 9.80. The molecule has 4 rings (SSSR count). The molecule has 0 saturated heterocycles. The molecule has 0 saturated carbocycles. The van der Waals surface area contributed by atoms with E-state index < -0.39 is 0 Å². The number of imidazole rings is 1. The zero-order valence-corrected chi connectivity index (χ0v) is 15.4. The molecule has 0 fully saturated rings. The fourth-order valence-corrected chi connectivity index (χ4v) is 3.66. The standard InChI is InChI=1S/C18H17N5O2S/c1-10-13(21-17(25-10)12-7-5-4-6-8-12)9-26-18-22-14-15(23(18)3)19-11(2)20-16(14)24/h4-8H,9H2,1-3H3,(H,19,20,24). The maximum absolute atomic E-state index is 12.0. The molecule has 4 aromatic rings. The van der Waals surface area contributed by atoms with Gasteiger partial charge in [-0.2, -0.15) is 0 Å². The Labute approximate surface area is 153 Å². The molecule has 26 heavy (non-hydrogen) atoms. The van der Waals surface area contributed by atoms with Gasteiger partial charge in [0.05, 0.1) is 5.69 Å². The van der Waals surface area contributed by atoms with Crippen molar-refractivity contribution in [1.29, 1.82) is 0 Å². The normalized spacial score (nSPS) is 11.3. The number of fused-ring (bicyclic) bond motifs is 1. The Kier molecular flexibility index (Phi) is 4.12. The van der Waals surface area contributed by atoms with Crippen LogP contribution in [0, 0.1) is 13.8 Å². The maximum atomic E-state index is 12.0. The van der Waals surface area contributed by atoms with Crippen LogP contribution < -0.4 is 5.56 Å². The second-order valence-corrected chi connectivity index (χ2v) is 6.90. The molecule has 0 aliphatic carbocycles. The number of aryl methyl sites for hydroxylation is 3. The van der Waals surface area contributed by atoms with Crippen molar-refractivity contribution < 1.29 is 4.42 Å². The van der Waals surface area contributed by atoms with E-state index in [2.05, 4.69) is 19.9 Å². The van der Waals surface area contributed by atoms with Crippen LogP contribution in [0.3, 0.4) is 0 Å². The van der Waals surface area contributed by atoms with Crippen LogP contribution in [-0.4, -0.2) is 24.5 Å². The van der Waals surface area contributed by atoms with E-state index in [0.717, 1.165) is 17.0 Å². The summed E-state index contributed by atoms with van der Waals surface area (Å²) in [7, 11) is 1.86. The number of hydrogen-bond donors (Lipinski definition) is 1. The summed E-state index contributed by atoms with van der Waals surface area (Å²) in [4.78, 5) is 28.1. The Morgan fingerprint density at radius 3 is 2.69 bits per heavy atom. The van der Waals surface area contributed by atoms with Crippen LogP contribution in [0.2, 0.25) is 0 Å². The molecule has 3 aromatic heterocycles. The van der Waals surface area contributed by atoms with Gasteiger partial charge in [0, 0.05) is 18.4 Å². The first-order valence-electron chi connectivity index (χ1n) is 8.11. The van der Waals surface area contributed by atoms with Gasteiger partial charge in [-0.3, -0.25) is 4.79 Å². The summed E-state index contributed by atoms with van der Waals surface area (Å²) < 4.78 is 7.62. The third-order valence-electron chi connectivity index (χ3n) is 4.06. The predicted molar refractivity (Wildman–Crippen MR) is 100 cm³/mol. The summed E-state index contributed by atoms with van der Waals surface area (Å²) in [5, 5.41) is 0.715. The lowest BCUT2D eigenvalue weighted by Crippen LogP contribution is -2.10. The van der Waals surface area contributed by atoms with E-state index in [1.165, 1.54) is 11.8 Å². The van der Waals surface area contributed by atoms with Gasteiger partial charge in [-0.15, -0.1) is 0 Å². The van der Waals surface area contributed by atoms with Crippen molar-refractivity contribution in [1.82, 2.24) is 24.5 Å². The van der Waals surface area contributed by atoms with Crippen LogP contribution >= 0.6 is 11.8 Å². The topological polar surface area (TPSA) is 89.6 Å². The molecule has 132 valence electrons. The molecule has 0 bridgehead atoms. The third kappa shape index (κ3) is 2.92. The lowest BCUT2D eigenvalue weighted by atomic mass is 10.2. The van der Waals surface area contributed by atoms with Gasteiger partial charge in [-0.05, 0) is 26.0 Å². The molecule has 0 aliphatic rings. The van der Waals surface area contributed by atoms with Crippen molar-refractivity contribution in [2.45, 2.75) is 24.8 Å². The fourth-order valence-electron chi connectivity index (χ4n) is 2.69. The van der Waals surface area contributed by atoms with Crippen LogP contribution in [-0.2, 0) is 12.8 Å². The molecule has 0 radical (unpaired) electrons. The average Bonchev–Trinajstić information content (AvgIpc) is 3.15. The van der Waals surface area contributed by atoms with Gasteiger partial charge in [0.2, 0.25) is 5.89 Å². The minimum absolute atomic E-state index is 0.223. The van der Waals surface area contributed by atoms with Gasteiger partial charge >= 0.3 is 0 Å². The number of benzene rings is 1. The Hall–Kier alpha value is -2.87. The Morgan fingerprint density at radius 2 is 1.92 bits per heavy atom. The number of aromatic amines is 1. The molecule has 3 heterocycles. The fraction of sp³-hybridized carbons (Fsp3) is 0.222. The lowest BCUT2D eigenvalue weighted by molar-refractivity contribution is 0.540. The van der Waals surface area contributed by atoms with Crippen LogP contribution in [0.15, 0.2) is 44.7 Å². The first-order chi connectivity index (χ1) is 12.5. The summed E-state index contributed by atoms with van der Waals surface area (Å²) in [6.07, 6.45) is 0. The highest BCUT2D eigenvalue weighted by atomic mass is 32.2. The molecule has 8 heteroatoms. The monoisotopic (exact) mass is 367 g/mol. The summed E-state index contributed by atoms with van der Waals surface area (Å²) in [5.41, 5.74) is 2.51. The minimum atomic E-state index is -0.223. The van der Waals surface area contributed by atoms with Gasteiger partial charge in [0.1, 0.15) is 11.6 Å². The molecule has 0 amide bonds. The summed E-state index contributed by atoms with van der Waals surface area (Å²) >= 11 is 1.50. The number of nitrogens with one attached hydrogen (secondary N) is 1. The first-order valence-corrected chi connectivity index (χ1v) is 9.09. The molecule has 0 spiro atoms. The number of oxazole rings is 1. The zero-order valence-electron chi connectivity index (χ0n) is 14.6. The number of thioether (sulfide) groups is 1. The van der Waals surface area contributed by atoms with Crippen molar-refractivity contribution >= 4 is 22.9 Å². The van der Waals surface area contributed by atoms with E-state index in [9.17, 15) is 4.79 Å². The van der Waals surface area contributed by atoms with Crippen molar-refractivity contribution in [3.63, 3.8) is 0 Å². The molecule has 0 aliphatic heterocycles. The highest BCUT2D eigenvalue weighted by Gasteiger charge is 2.16. The molecule has 7 nitrogen and oxygen atoms in total. The van der Waals surface area contributed by atoms with Gasteiger partial charge < -0.3 is 14.0 Å². The van der Waals surface area contributed by atoms with Crippen molar-refractivity contribution in [3.05, 3.63) is 58.0 Å². The Bertz CT molecular complexity index is 1140. The quantitative estimate of drug-likeness (QED) is 0.557. The molecule has 0 unspecified atom stereocenters. The number of hydrogen-bond acceptors (Lipinski definition) is 6.